The second-order valence-corrected chi connectivity index (χ2v) is 8.84. The molecule has 1 aromatic rings. The summed E-state index contributed by atoms with van der Waals surface area (Å²) >= 11 is 0. The summed E-state index contributed by atoms with van der Waals surface area (Å²) in [6.07, 6.45) is 2.79. The topological polar surface area (TPSA) is 107 Å². The third-order valence-electron chi connectivity index (χ3n) is 3.92. The van der Waals surface area contributed by atoms with E-state index >= 15 is 0 Å². The van der Waals surface area contributed by atoms with Crippen LogP contribution in [0.5, 0.6) is 11.5 Å². The molecule has 0 atom stereocenters. The number of hydrogen-bond donors (Lipinski definition) is 2. The van der Waals surface area contributed by atoms with Crippen LogP contribution in [-0.2, 0) is 19.3 Å². The first-order chi connectivity index (χ1) is 14.0. The summed E-state index contributed by atoms with van der Waals surface area (Å²) in [7, 11) is -1.43. The van der Waals surface area contributed by atoms with E-state index in [0.29, 0.717) is 57.0 Å². The molecule has 2 rings (SSSR count). The highest BCUT2D eigenvalue weighted by Gasteiger charge is 2.12. The summed E-state index contributed by atoms with van der Waals surface area (Å²) in [5.74, 6) is 1.91. The Hall–Kier alpha value is -1.31. The number of methoxy groups -OCH3 is 1. The highest BCUT2D eigenvalue weighted by molar-refractivity contribution is 14.0. The van der Waals surface area contributed by atoms with Gasteiger partial charge in [0.05, 0.1) is 32.2 Å². The Kier molecular flexibility index (Phi) is 13.1. The molecule has 2 N–H and O–H groups in total. The molecule has 0 saturated carbocycles. The molecule has 1 aliphatic heterocycles. The summed E-state index contributed by atoms with van der Waals surface area (Å²) in [6, 6.07) is 5.57. The summed E-state index contributed by atoms with van der Waals surface area (Å²) in [4.78, 5) is 4.50. The number of nitrogens with zero attached hydrogens (tertiary/aromatic N) is 1. The van der Waals surface area contributed by atoms with E-state index in [2.05, 4.69) is 15.6 Å². The number of nitrogens with one attached hydrogen (secondary N) is 2. The third kappa shape index (κ3) is 11.2. The second-order valence-electron chi connectivity index (χ2n) is 6.58. The monoisotopic (exact) mass is 557 g/mol. The maximum absolute atomic E-state index is 11.4. The lowest BCUT2D eigenvalue weighted by Gasteiger charge is -2.14. The number of guanidine groups is 1. The van der Waals surface area contributed by atoms with Crippen molar-refractivity contribution in [2.45, 2.75) is 12.8 Å². The van der Waals surface area contributed by atoms with E-state index in [1.54, 1.807) is 7.11 Å². The number of hydrogen-bond acceptors (Lipinski definition) is 7. The molecule has 11 heteroatoms. The zero-order chi connectivity index (χ0) is 21.0. The van der Waals surface area contributed by atoms with Crippen LogP contribution in [0.25, 0.3) is 0 Å². The lowest BCUT2D eigenvalue weighted by atomic mass is 10.3. The highest BCUT2D eigenvalue weighted by atomic mass is 127. The fourth-order valence-corrected chi connectivity index (χ4v) is 2.95. The molecule has 1 aromatic carbocycles. The van der Waals surface area contributed by atoms with E-state index in [0.717, 1.165) is 18.5 Å². The predicted molar refractivity (Wildman–Crippen MR) is 128 cm³/mol. The van der Waals surface area contributed by atoms with Gasteiger partial charge in [0.25, 0.3) is 0 Å². The normalized spacial score (nSPS) is 13.9. The predicted octanol–water partition coefficient (Wildman–Crippen LogP) is 1.92. The molecule has 0 radical (unpaired) electrons. The molecule has 0 saturated heterocycles. The zero-order valence-corrected chi connectivity index (χ0v) is 20.7. The number of fused-ring (bicyclic) bond motifs is 1. The lowest BCUT2D eigenvalue weighted by molar-refractivity contribution is 0.0702. The largest absolute Gasteiger partial charge is 0.490 e. The molecular formula is C19H32IN3O6S. The molecule has 172 valence electrons. The van der Waals surface area contributed by atoms with Gasteiger partial charge in [-0.05, 0) is 18.6 Å². The van der Waals surface area contributed by atoms with E-state index in [4.69, 9.17) is 18.9 Å². The Morgan fingerprint density at radius 2 is 1.93 bits per heavy atom. The van der Waals surface area contributed by atoms with Gasteiger partial charge in [0.1, 0.15) is 9.84 Å². The van der Waals surface area contributed by atoms with Crippen molar-refractivity contribution in [3.63, 3.8) is 0 Å². The van der Waals surface area contributed by atoms with Gasteiger partial charge in [-0.25, -0.2) is 8.42 Å². The van der Waals surface area contributed by atoms with Crippen LogP contribution in [0.2, 0.25) is 0 Å². The highest BCUT2D eigenvalue weighted by Crippen LogP contribution is 2.32. The van der Waals surface area contributed by atoms with E-state index in [9.17, 15) is 8.42 Å². The van der Waals surface area contributed by atoms with Crippen LogP contribution in [-0.4, -0.2) is 79.6 Å². The quantitative estimate of drug-likeness (QED) is 0.184. The molecule has 30 heavy (non-hydrogen) atoms. The lowest BCUT2D eigenvalue weighted by Crippen LogP contribution is -2.34. The summed E-state index contributed by atoms with van der Waals surface area (Å²) < 4.78 is 44.5. The number of aliphatic imine (C=N–C) groups is 1. The van der Waals surface area contributed by atoms with Crippen molar-refractivity contribution in [2.24, 2.45) is 4.99 Å². The summed E-state index contributed by atoms with van der Waals surface area (Å²) in [5, 5.41) is 6.25. The molecular weight excluding hydrogens is 525 g/mol. The van der Waals surface area contributed by atoms with Crippen LogP contribution in [0.1, 0.15) is 12.8 Å². The maximum Gasteiger partial charge on any atom is 0.195 e. The number of rotatable bonds is 11. The van der Waals surface area contributed by atoms with Crippen LogP contribution in [0.15, 0.2) is 23.2 Å². The molecule has 0 amide bonds. The number of ether oxygens (including phenoxy) is 4. The number of anilines is 1. The van der Waals surface area contributed by atoms with E-state index in [1.807, 2.05) is 18.2 Å². The Balaban J connectivity index is 0.00000450. The Morgan fingerprint density at radius 1 is 1.17 bits per heavy atom. The van der Waals surface area contributed by atoms with Crippen molar-refractivity contribution in [1.82, 2.24) is 5.32 Å². The molecule has 0 fully saturated rings. The van der Waals surface area contributed by atoms with Crippen molar-refractivity contribution in [1.29, 1.82) is 0 Å². The van der Waals surface area contributed by atoms with E-state index < -0.39 is 9.84 Å². The van der Waals surface area contributed by atoms with Gasteiger partial charge in [0.2, 0.25) is 0 Å². The third-order valence-corrected chi connectivity index (χ3v) is 4.87. The van der Waals surface area contributed by atoms with Gasteiger partial charge in [0.15, 0.2) is 17.5 Å². The van der Waals surface area contributed by atoms with Crippen LogP contribution < -0.4 is 20.1 Å². The first-order valence-corrected chi connectivity index (χ1v) is 11.7. The van der Waals surface area contributed by atoms with Gasteiger partial charge in [-0.1, -0.05) is 0 Å². The maximum atomic E-state index is 11.4. The standard InChI is InChI=1S/C19H31N3O6S.HI/c1-25-12-13-26-9-3-7-20-19(21-8-14-29(2,23)24)22-16-5-6-17-18(15-16)28-11-4-10-27-17;/h5-6,15H,3-4,7-14H2,1-2H3,(H2,20,21,22);1H. The van der Waals surface area contributed by atoms with Crippen molar-refractivity contribution in [2.75, 3.05) is 70.6 Å². The van der Waals surface area contributed by atoms with Gasteiger partial charge in [-0.3, -0.25) is 4.99 Å². The molecule has 0 aliphatic carbocycles. The van der Waals surface area contributed by atoms with Gasteiger partial charge < -0.3 is 29.6 Å². The molecule has 0 unspecified atom stereocenters. The van der Waals surface area contributed by atoms with Gasteiger partial charge in [-0.2, -0.15) is 0 Å². The zero-order valence-electron chi connectivity index (χ0n) is 17.5. The number of benzene rings is 1. The Labute approximate surface area is 195 Å². The molecule has 9 nitrogen and oxygen atoms in total. The van der Waals surface area contributed by atoms with Gasteiger partial charge >= 0.3 is 0 Å². The summed E-state index contributed by atoms with van der Waals surface area (Å²) in [6.45, 7) is 3.72. The smallest absolute Gasteiger partial charge is 0.195 e. The van der Waals surface area contributed by atoms with Crippen molar-refractivity contribution in [3.05, 3.63) is 18.2 Å². The van der Waals surface area contributed by atoms with Crippen molar-refractivity contribution < 1.29 is 27.4 Å². The Morgan fingerprint density at radius 3 is 2.67 bits per heavy atom. The molecule has 1 heterocycles. The first-order valence-electron chi connectivity index (χ1n) is 9.67. The van der Waals surface area contributed by atoms with E-state index in [-0.39, 0.29) is 36.3 Å². The second kappa shape index (κ2) is 14.7. The van der Waals surface area contributed by atoms with Crippen LogP contribution in [0.4, 0.5) is 5.69 Å². The average Bonchev–Trinajstić information content (AvgIpc) is 2.91. The van der Waals surface area contributed by atoms with Crippen molar-refractivity contribution >= 4 is 45.5 Å². The molecule has 0 spiro atoms. The summed E-state index contributed by atoms with van der Waals surface area (Å²) in [5.41, 5.74) is 0.774. The fourth-order valence-electron chi connectivity index (χ4n) is 2.47. The number of halogens is 1. The van der Waals surface area contributed by atoms with Gasteiger partial charge in [-0.15, -0.1) is 24.0 Å². The minimum Gasteiger partial charge on any atom is -0.490 e. The average molecular weight is 557 g/mol. The van der Waals surface area contributed by atoms with E-state index in [1.165, 1.54) is 6.26 Å². The van der Waals surface area contributed by atoms with Crippen LogP contribution in [0, 0.1) is 0 Å². The van der Waals surface area contributed by atoms with Crippen molar-refractivity contribution in [3.8, 4) is 11.5 Å². The fraction of sp³-hybridized carbons (Fsp3) is 0.632. The minimum atomic E-state index is -3.06. The molecule has 1 aliphatic rings. The first kappa shape index (κ1) is 26.7. The SMILES string of the molecule is COCCOCCCN=C(NCCS(C)(=O)=O)Nc1ccc2c(c1)OCCCO2.I. The Bertz CT molecular complexity index is 761. The van der Waals surface area contributed by atoms with Crippen LogP contribution in [0.3, 0.4) is 0 Å². The van der Waals surface area contributed by atoms with Gasteiger partial charge in [0, 0.05) is 51.2 Å². The molecule has 0 bridgehead atoms. The minimum absolute atomic E-state index is 0. The number of sulfone groups is 1. The molecule has 0 aromatic heterocycles. The van der Waals surface area contributed by atoms with Crippen LogP contribution >= 0.6 is 24.0 Å².